The topological polar surface area (TPSA) is 205 Å². The number of alkyl halides is 3. The second-order valence-corrected chi connectivity index (χ2v) is 15.1. The third kappa shape index (κ3) is 20.9. The molecule has 0 amide bonds. The second-order valence-electron chi connectivity index (χ2n) is 13.1. The molecule has 0 saturated heterocycles. The van der Waals surface area contributed by atoms with Crippen molar-refractivity contribution in [1.29, 1.82) is 0 Å². The van der Waals surface area contributed by atoms with Crippen LogP contribution in [-0.4, -0.2) is 84.4 Å². The molecule has 0 saturated carbocycles. The van der Waals surface area contributed by atoms with Crippen LogP contribution >= 0.6 is 46.4 Å². The van der Waals surface area contributed by atoms with Gasteiger partial charge >= 0.3 is 12.1 Å². The van der Waals surface area contributed by atoms with Gasteiger partial charge in [-0.1, -0.05) is 62.8 Å². The number of oxime groups is 1. The number of nitrogens with two attached hydrogens (primary N) is 1. The van der Waals surface area contributed by atoms with Gasteiger partial charge in [0.15, 0.2) is 5.84 Å². The Morgan fingerprint density at radius 2 is 1.42 bits per heavy atom. The van der Waals surface area contributed by atoms with Gasteiger partial charge in [0.1, 0.15) is 45.2 Å². The maximum absolute atomic E-state index is 12.6. The lowest BCUT2D eigenvalue weighted by Crippen LogP contribution is -2.14. The smallest absolute Gasteiger partial charge is 0.417 e. The highest BCUT2D eigenvalue weighted by molar-refractivity contribution is 6.56. The van der Waals surface area contributed by atoms with Crippen LogP contribution in [0.1, 0.15) is 48.8 Å². The molecular weight excluding hydrogens is 971 g/mol. The zero-order valence-electron chi connectivity index (χ0n) is 36.5. The van der Waals surface area contributed by atoms with Gasteiger partial charge in [0.25, 0.3) is 0 Å². The predicted molar refractivity (Wildman–Crippen MR) is 246 cm³/mol. The van der Waals surface area contributed by atoms with Gasteiger partial charge in [-0.2, -0.15) is 18.2 Å². The third-order valence-electron chi connectivity index (χ3n) is 8.22. The number of nitrogens with zero attached hydrogens (tertiary/aromatic N) is 5. The summed E-state index contributed by atoms with van der Waals surface area (Å²) >= 11 is 22.0. The minimum atomic E-state index is -4.44. The van der Waals surface area contributed by atoms with Gasteiger partial charge in [-0.3, -0.25) is 4.79 Å². The molecule has 0 spiro atoms. The molecule has 3 heterocycles. The summed E-state index contributed by atoms with van der Waals surface area (Å²) in [5.74, 6) is 3.16. The van der Waals surface area contributed by atoms with E-state index in [4.69, 9.17) is 95.0 Å². The Hall–Kier alpha value is -6.15. The molecule has 0 fully saturated rings. The predicted octanol–water partition coefficient (Wildman–Crippen LogP) is 10.5. The number of carbonyl (C=O) groups excluding carboxylic acids is 1. The maximum atomic E-state index is 12.6. The molecule has 0 aliphatic heterocycles. The highest BCUT2D eigenvalue weighted by Crippen LogP contribution is 2.32. The molecule has 0 aliphatic carbocycles. The van der Waals surface area contributed by atoms with E-state index >= 15 is 0 Å². The minimum Gasteiger partial charge on any atom is -0.496 e. The number of ether oxygens (including phenoxy) is 7. The Balaban J connectivity index is 0.000000295. The molecule has 2 aromatic carbocycles. The van der Waals surface area contributed by atoms with Crippen molar-refractivity contribution in [1.82, 2.24) is 20.1 Å². The molecule has 3 N–H and O–H groups in total. The van der Waals surface area contributed by atoms with Crippen LogP contribution in [0, 0.1) is 6.92 Å². The number of rotatable bonds is 21. The summed E-state index contributed by atoms with van der Waals surface area (Å²) in [4.78, 5) is 23.1. The minimum absolute atomic E-state index is 0.0665. The van der Waals surface area contributed by atoms with Gasteiger partial charge < -0.3 is 48.6 Å². The number of esters is 1. The van der Waals surface area contributed by atoms with Crippen LogP contribution in [0.4, 0.5) is 13.2 Å². The van der Waals surface area contributed by atoms with Crippen molar-refractivity contribution in [2.24, 2.45) is 10.9 Å². The van der Waals surface area contributed by atoms with E-state index < -0.39 is 11.7 Å². The molecule has 16 nitrogen and oxygen atoms in total. The van der Waals surface area contributed by atoms with Crippen molar-refractivity contribution in [3.05, 3.63) is 117 Å². The van der Waals surface area contributed by atoms with Crippen LogP contribution in [0.15, 0.2) is 104 Å². The summed E-state index contributed by atoms with van der Waals surface area (Å²) in [6.45, 7) is 5.28. The number of pyridine rings is 2. The normalized spacial score (nSPS) is 10.8. The number of benzene rings is 2. The number of halogens is 7. The first kappa shape index (κ1) is 55.2. The first-order valence-electron chi connectivity index (χ1n) is 19.9. The van der Waals surface area contributed by atoms with Crippen LogP contribution in [-0.2, 0) is 22.1 Å². The molecule has 0 unspecified atom stereocenters. The van der Waals surface area contributed by atoms with Crippen molar-refractivity contribution in [2.45, 2.75) is 45.7 Å². The van der Waals surface area contributed by atoms with Crippen molar-refractivity contribution >= 4 is 58.2 Å². The van der Waals surface area contributed by atoms with Crippen LogP contribution in [0.5, 0.6) is 34.8 Å². The number of aromatic nitrogens is 4. The van der Waals surface area contributed by atoms with Gasteiger partial charge in [-0.05, 0) is 86.9 Å². The largest absolute Gasteiger partial charge is 0.496 e. The third-order valence-corrected chi connectivity index (χ3v) is 8.84. The number of amidine groups is 1. The highest BCUT2D eigenvalue weighted by atomic mass is 35.5. The Kier molecular flexibility index (Phi) is 24.3. The Bertz CT molecular complexity index is 2360. The average Bonchev–Trinajstić information content (AvgIpc) is 3.78. The molecule has 67 heavy (non-hydrogen) atoms. The molecule has 23 heteroatoms. The molecule has 0 bridgehead atoms. The van der Waals surface area contributed by atoms with E-state index in [0.717, 1.165) is 17.8 Å². The lowest BCUT2D eigenvalue weighted by atomic mass is 10.1. The van der Waals surface area contributed by atoms with Gasteiger partial charge in [0.2, 0.25) is 23.5 Å². The number of aryl methyl sites for hydroxylation is 2. The van der Waals surface area contributed by atoms with Crippen LogP contribution in [0.25, 0.3) is 11.4 Å². The molecule has 0 aliphatic rings. The lowest BCUT2D eigenvalue weighted by molar-refractivity contribution is -0.143. The van der Waals surface area contributed by atoms with E-state index in [1.807, 2.05) is 19.1 Å². The number of methoxy groups -OCH3 is 2. The molecule has 362 valence electrons. The fourth-order valence-corrected chi connectivity index (χ4v) is 5.30. The standard InChI is InChI=1S/C21H18Cl2F3N3O4.C12H17NO3.C11H12Cl2N2O3/c1-30-16-6-5-14(31-10-8-17(22)23)11-15(16)20-28-19(33-29-20)3-2-9-32-18-7-4-13(12-27-18)21(24,25)26;1-3-15-12(14)5-4-8-16-11-7-6-10(2)9-13-11;1-17-9-3-2-7(18-5-4-10(12)13)6-8(9)11(14)15-16/h4-8,11-12H,2-3,9-10H2,1H3;6-7,9H,3-5,8H2,1-2H3;2-4,6,16H,5H2,1H3,(H2,14,15). The molecule has 3 aromatic heterocycles. The monoisotopic (exact) mass is 1020 g/mol. The number of hydrogen-bond acceptors (Lipinski definition) is 15. The van der Waals surface area contributed by atoms with Crippen LogP contribution < -0.4 is 34.2 Å². The average molecular weight is 1020 g/mol. The fraction of sp³-hybridized carbons (Fsp3) is 0.318. The van der Waals surface area contributed by atoms with Gasteiger partial charge in [-0.25, -0.2) is 9.97 Å². The van der Waals surface area contributed by atoms with Crippen LogP contribution in [0.2, 0.25) is 0 Å². The van der Waals surface area contributed by atoms with E-state index in [0.29, 0.717) is 90.6 Å². The Morgan fingerprint density at radius 1 is 0.821 bits per heavy atom. The lowest BCUT2D eigenvalue weighted by Gasteiger charge is -2.10. The van der Waals surface area contributed by atoms with E-state index in [2.05, 4.69) is 25.3 Å². The SMILES string of the molecule is CCOC(=O)CCCOc1ccc(C)cn1.COc1ccc(OCC=C(Cl)Cl)cc1-c1noc(CCCOc2ccc(C(F)(F)F)cn2)n1.COc1ccc(OCC=C(Cl)Cl)cc1/C(N)=N/O. The maximum Gasteiger partial charge on any atom is 0.417 e. The van der Waals surface area contributed by atoms with Crippen LogP contribution in [0.3, 0.4) is 0 Å². The number of hydrogen-bond donors (Lipinski definition) is 2. The van der Waals surface area contributed by atoms with Gasteiger partial charge in [0.05, 0.1) is 50.7 Å². The number of carbonyl (C=O) groups is 1. The van der Waals surface area contributed by atoms with Crippen molar-refractivity contribution in [3.8, 4) is 46.1 Å². The quantitative estimate of drug-likeness (QED) is 0.0175. The Labute approximate surface area is 404 Å². The summed E-state index contributed by atoms with van der Waals surface area (Å²) in [5.41, 5.74) is 6.78. The van der Waals surface area contributed by atoms with Crippen molar-refractivity contribution < 1.29 is 60.9 Å². The fourth-order valence-electron chi connectivity index (χ4n) is 5.05. The van der Waals surface area contributed by atoms with E-state index in [-0.39, 0.29) is 46.5 Å². The summed E-state index contributed by atoms with van der Waals surface area (Å²) in [6.07, 6.45) is 2.95. The first-order valence-corrected chi connectivity index (χ1v) is 21.4. The molecule has 0 atom stereocenters. The van der Waals surface area contributed by atoms with E-state index in [1.165, 1.54) is 32.4 Å². The summed E-state index contributed by atoms with van der Waals surface area (Å²) in [5, 5.41) is 15.6. The van der Waals surface area contributed by atoms with Crippen molar-refractivity contribution in [2.75, 3.05) is 47.3 Å². The molecular formula is C44H47Cl4F3N6O10. The molecule has 0 radical (unpaired) electrons. The highest BCUT2D eigenvalue weighted by Gasteiger charge is 2.30. The first-order chi connectivity index (χ1) is 32.1. The van der Waals surface area contributed by atoms with Crippen molar-refractivity contribution in [3.63, 3.8) is 0 Å². The molecule has 5 aromatic rings. The second kappa shape index (κ2) is 29.5. The summed E-state index contributed by atoms with van der Waals surface area (Å²) < 4.78 is 80.1. The summed E-state index contributed by atoms with van der Waals surface area (Å²) in [6, 6.07) is 15.9. The van der Waals surface area contributed by atoms with E-state index in [9.17, 15) is 18.0 Å². The van der Waals surface area contributed by atoms with Gasteiger partial charge in [-0.15, -0.1) is 0 Å². The zero-order valence-corrected chi connectivity index (χ0v) is 39.6. The van der Waals surface area contributed by atoms with Gasteiger partial charge in [0, 0.05) is 37.4 Å². The summed E-state index contributed by atoms with van der Waals surface area (Å²) in [7, 11) is 3.00. The van der Waals surface area contributed by atoms with E-state index in [1.54, 1.807) is 49.5 Å². The molecule has 5 rings (SSSR count). The Morgan fingerprint density at radius 3 is 1.96 bits per heavy atom. The zero-order chi connectivity index (χ0) is 49.2.